The summed E-state index contributed by atoms with van der Waals surface area (Å²) in [4.78, 5) is 4.86. The Labute approximate surface area is 179 Å². The average molecular weight is 396 g/mol. The Hall–Kier alpha value is -3.17. The molecule has 1 unspecified atom stereocenters. The fraction of sp³-hybridized carbons (Fsp3) is 0.222. The molecule has 1 heterocycles. The molecule has 1 aliphatic heterocycles. The molecule has 30 heavy (non-hydrogen) atoms. The molecule has 2 N–H and O–H groups in total. The van der Waals surface area contributed by atoms with Crippen LogP contribution in [-0.4, -0.2) is 18.8 Å². The smallest absolute Gasteiger partial charge is 0.0795 e. The molecule has 4 rings (SSSR count). The highest BCUT2D eigenvalue weighted by Crippen LogP contribution is 2.25. The maximum absolute atomic E-state index is 4.86. The molecule has 0 fully saturated rings. The Morgan fingerprint density at radius 1 is 0.867 bits per heavy atom. The molecule has 1 atom stereocenters. The minimum absolute atomic E-state index is 0.526. The number of nitrogens with one attached hydrogen (secondary N) is 2. The van der Waals surface area contributed by atoms with Crippen LogP contribution in [0.1, 0.15) is 42.4 Å². The van der Waals surface area contributed by atoms with Crippen molar-refractivity contribution in [3.8, 4) is 0 Å². The lowest BCUT2D eigenvalue weighted by Gasteiger charge is -2.18. The van der Waals surface area contributed by atoms with Crippen LogP contribution in [0.3, 0.4) is 0 Å². The van der Waals surface area contributed by atoms with Crippen LogP contribution in [0.4, 0.5) is 5.69 Å². The molecule has 3 aromatic rings. The van der Waals surface area contributed by atoms with Gasteiger partial charge < -0.3 is 10.6 Å². The summed E-state index contributed by atoms with van der Waals surface area (Å²) >= 11 is 0. The first-order valence-electron chi connectivity index (χ1n) is 10.8. The fourth-order valence-corrected chi connectivity index (χ4v) is 3.97. The Morgan fingerprint density at radius 3 is 2.33 bits per heavy atom. The summed E-state index contributed by atoms with van der Waals surface area (Å²) in [6.07, 6.45) is 4.33. The molecule has 0 bridgehead atoms. The normalized spacial score (nSPS) is 14.0. The van der Waals surface area contributed by atoms with E-state index >= 15 is 0 Å². The molecule has 0 aromatic heterocycles. The molecule has 3 aromatic carbocycles. The van der Waals surface area contributed by atoms with Crippen LogP contribution in [0.25, 0.3) is 0 Å². The van der Waals surface area contributed by atoms with Gasteiger partial charge in [-0.25, -0.2) is 0 Å². The Morgan fingerprint density at radius 2 is 1.57 bits per heavy atom. The van der Waals surface area contributed by atoms with Gasteiger partial charge >= 0.3 is 0 Å². The van der Waals surface area contributed by atoms with Gasteiger partial charge in [0.25, 0.3) is 0 Å². The SMILES string of the molecule is CCCC(CNCC1=CN=C(c2ccccc2)c2ccccc2N1)c1ccccc1. The summed E-state index contributed by atoms with van der Waals surface area (Å²) in [5.41, 5.74) is 6.84. The maximum Gasteiger partial charge on any atom is 0.0795 e. The van der Waals surface area contributed by atoms with E-state index in [2.05, 4.69) is 96.4 Å². The second kappa shape index (κ2) is 10.0. The number of hydrogen-bond acceptors (Lipinski definition) is 3. The van der Waals surface area contributed by atoms with Crippen molar-refractivity contribution in [1.82, 2.24) is 5.32 Å². The van der Waals surface area contributed by atoms with Crippen LogP contribution >= 0.6 is 0 Å². The number of fused-ring (bicyclic) bond motifs is 1. The van der Waals surface area contributed by atoms with E-state index in [9.17, 15) is 0 Å². The molecule has 0 radical (unpaired) electrons. The summed E-state index contributed by atoms with van der Waals surface area (Å²) in [6, 6.07) is 29.6. The van der Waals surface area contributed by atoms with Gasteiger partial charge in [0.15, 0.2) is 0 Å². The van der Waals surface area contributed by atoms with Gasteiger partial charge in [-0.3, -0.25) is 4.99 Å². The molecule has 1 aliphatic rings. The van der Waals surface area contributed by atoms with Crippen molar-refractivity contribution < 1.29 is 0 Å². The molecule has 0 amide bonds. The van der Waals surface area contributed by atoms with E-state index in [0.29, 0.717) is 5.92 Å². The quantitative estimate of drug-likeness (QED) is 0.493. The monoisotopic (exact) mass is 395 g/mol. The van der Waals surface area contributed by atoms with Gasteiger partial charge in [-0.05, 0) is 24.0 Å². The molecular weight excluding hydrogens is 366 g/mol. The van der Waals surface area contributed by atoms with Crippen molar-refractivity contribution in [1.29, 1.82) is 0 Å². The minimum atomic E-state index is 0.526. The fourth-order valence-electron chi connectivity index (χ4n) is 3.97. The highest BCUT2D eigenvalue weighted by molar-refractivity contribution is 6.16. The van der Waals surface area contributed by atoms with Gasteiger partial charge in [0.1, 0.15) is 0 Å². The third kappa shape index (κ3) is 4.87. The summed E-state index contributed by atoms with van der Waals surface area (Å²) in [7, 11) is 0. The lowest BCUT2D eigenvalue weighted by molar-refractivity contribution is 0.559. The Kier molecular flexibility index (Phi) is 6.73. The largest absolute Gasteiger partial charge is 0.356 e. The van der Waals surface area contributed by atoms with E-state index in [-0.39, 0.29) is 0 Å². The van der Waals surface area contributed by atoms with Crippen molar-refractivity contribution in [2.45, 2.75) is 25.7 Å². The number of benzene rings is 3. The predicted octanol–water partition coefficient (Wildman–Crippen LogP) is 5.96. The molecule has 3 nitrogen and oxygen atoms in total. The molecule has 152 valence electrons. The van der Waals surface area contributed by atoms with Crippen molar-refractivity contribution >= 4 is 11.4 Å². The average Bonchev–Trinajstić information content (AvgIpc) is 2.99. The molecule has 3 heteroatoms. The number of rotatable bonds is 8. The summed E-state index contributed by atoms with van der Waals surface area (Å²) in [5, 5.41) is 7.24. The van der Waals surface area contributed by atoms with E-state index < -0.39 is 0 Å². The standard InChI is InChI=1S/C27H29N3/c1-2-11-23(21-12-5-3-6-13-21)18-28-19-24-20-29-27(22-14-7-4-8-15-22)25-16-9-10-17-26(25)30-24/h3-10,12-17,20,23,28,30H,2,11,18-19H2,1H3. The number of hydrogen-bond donors (Lipinski definition) is 2. The second-order valence-electron chi connectivity index (χ2n) is 7.70. The highest BCUT2D eigenvalue weighted by atomic mass is 15.0. The van der Waals surface area contributed by atoms with Crippen LogP contribution in [0.2, 0.25) is 0 Å². The Balaban J connectivity index is 1.50. The second-order valence-corrected chi connectivity index (χ2v) is 7.70. The van der Waals surface area contributed by atoms with Crippen LogP contribution in [-0.2, 0) is 0 Å². The number of anilines is 1. The molecule has 0 saturated carbocycles. The third-order valence-electron chi connectivity index (χ3n) is 5.49. The molecule has 0 aliphatic carbocycles. The lowest BCUT2D eigenvalue weighted by atomic mass is 9.94. The van der Waals surface area contributed by atoms with Crippen molar-refractivity contribution in [2.75, 3.05) is 18.4 Å². The van der Waals surface area contributed by atoms with Crippen LogP contribution < -0.4 is 10.6 Å². The third-order valence-corrected chi connectivity index (χ3v) is 5.49. The summed E-state index contributed by atoms with van der Waals surface area (Å²) in [5.74, 6) is 0.526. The zero-order chi connectivity index (χ0) is 20.6. The van der Waals surface area contributed by atoms with Crippen molar-refractivity contribution in [3.63, 3.8) is 0 Å². The van der Waals surface area contributed by atoms with Crippen molar-refractivity contribution in [2.24, 2.45) is 4.99 Å². The summed E-state index contributed by atoms with van der Waals surface area (Å²) in [6.45, 7) is 3.96. The van der Waals surface area contributed by atoms with Gasteiger partial charge in [0, 0.05) is 41.8 Å². The molecule has 0 spiro atoms. The lowest BCUT2D eigenvalue weighted by Crippen LogP contribution is -2.26. The predicted molar refractivity (Wildman–Crippen MR) is 127 cm³/mol. The van der Waals surface area contributed by atoms with Gasteiger partial charge in [0.2, 0.25) is 0 Å². The molecular formula is C27H29N3. The molecule has 0 saturated heterocycles. The van der Waals surface area contributed by atoms with Gasteiger partial charge in [-0.15, -0.1) is 0 Å². The first-order valence-corrected chi connectivity index (χ1v) is 10.8. The van der Waals surface area contributed by atoms with Gasteiger partial charge in [-0.1, -0.05) is 92.2 Å². The Bertz CT molecular complexity index is 1010. The zero-order valence-corrected chi connectivity index (χ0v) is 17.5. The topological polar surface area (TPSA) is 36.4 Å². The van der Waals surface area contributed by atoms with Crippen molar-refractivity contribution in [3.05, 3.63) is 114 Å². The summed E-state index contributed by atoms with van der Waals surface area (Å²) < 4.78 is 0. The van der Waals surface area contributed by atoms with Crippen LogP contribution in [0, 0.1) is 0 Å². The highest BCUT2D eigenvalue weighted by Gasteiger charge is 2.15. The first-order chi connectivity index (χ1) is 14.8. The van der Waals surface area contributed by atoms with Crippen LogP contribution in [0.5, 0.6) is 0 Å². The van der Waals surface area contributed by atoms with E-state index in [1.807, 2.05) is 12.3 Å². The number of aliphatic imine (C=N–C) groups is 1. The van der Waals surface area contributed by atoms with E-state index in [4.69, 9.17) is 4.99 Å². The van der Waals surface area contributed by atoms with Gasteiger partial charge in [0.05, 0.1) is 5.71 Å². The van der Waals surface area contributed by atoms with Crippen LogP contribution in [0.15, 0.2) is 102 Å². The maximum atomic E-state index is 4.86. The van der Waals surface area contributed by atoms with E-state index in [1.54, 1.807) is 0 Å². The number of para-hydroxylation sites is 1. The first kappa shape index (κ1) is 20.1. The zero-order valence-electron chi connectivity index (χ0n) is 17.5. The number of nitrogens with zero attached hydrogens (tertiary/aromatic N) is 1. The minimum Gasteiger partial charge on any atom is -0.356 e. The van der Waals surface area contributed by atoms with E-state index in [1.165, 1.54) is 18.4 Å². The van der Waals surface area contributed by atoms with E-state index in [0.717, 1.165) is 41.3 Å². The van der Waals surface area contributed by atoms with Gasteiger partial charge in [-0.2, -0.15) is 0 Å².